The summed E-state index contributed by atoms with van der Waals surface area (Å²) in [6, 6.07) is 7.43. The van der Waals surface area contributed by atoms with E-state index in [1.807, 2.05) is 38.1 Å². The Bertz CT molecular complexity index is 714. The number of aliphatic hydroxyl groups excluding tert-OH is 1. The van der Waals surface area contributed by atoms with Crippen LogP contribution in [-0.4, -0.2) is 28.8 Å². The third kappa shape index (κ3) is 4.39. The first-order valence-electron chi connectivity index (χ1n) is 8.78. The van der Waals surface area contributed by atoms with Gasteiger partial charge in [-0.25, -0.2) is 9.78 Å². The van der Waals surface area contributed by atoms with Crippen LogP contribution in [0.25, 0.3) is 11.5 Å². The van der Waals surface area contributed by atoms with Crippen molar-refractivity contribution in [3.05, 3.63) is 35.7 Å². The highest BCUT2D eigenvalue weighted by atomic mass is 16.4. The van der Waals surface area contributed by atoms with Crippen LogP contribution in [0.3, 0.4) is 0 Å². The number of aromatic nitrogens is 1. The summed E-state index contributed by atoms with van der Waals surface area (Å²) in [6.45, 7) is 4.03. The Hall–Kier alpha value is -2.34. The Balaban J connectivity index is 1.59. The Labute approximate surface area is 147 Å². The van der Waals surface area contributed by atoms with E-state index in [1.54, 1.807) is 0 Å². The number of aryl methyl sites for hydroxylation is 2. The van der Waals surface area contributed by atoms with Crippen LogP contribution < -0.4 is 10.6 Å². The van der Waals surface area contributed by atoms with E-state index in [0.29, 0.717) is 17.5 Å². The minimum absolute atomic E-state index is 0.169. The molecule has 25 heavy (non-hydrogen) atoms. The van der Waals surface area contributed by atoms with Crippen LogP contribution in [0, 0.1) is 19.8 Å². The molecule has 0 radical (unpaired) electrons. The van der Waals surface area contributed by atoms with Gasteiger partial charge >= 0.3 is 6.03 Å². The highest BCUT2D eigenvalue weighted by molar-refractivity contribution is 5.90. The standard InChI is InChI=1S/C19H25N3O3/c1-12-13(2)25-18(20-12)15-4-3-5-17(10-15)22-19(24)21-16-8-6-14(11-23)7-9-16/h3-5,10,14,16,23H,6-9,11H2,1-2H3,(H2,21,22,24). The van der Waals surface area contributed by atoms with E-state index in [1.165, 1.54) is 0 Å². The number of anilines is 1. The number of oxazole rings is 1. The number of rotatable bonds is 4. The number of nitrogens with one attached hydrogen (secondary N) is 2. The lowest BCUT2D eigenvalue weighted by Gasteiger charge is -2.27. The van der Waals surface area contributed by atoms with E-state index in [-0.39, 0.29) is 18.7 Å². The van der Waals surface area contributed by atoms with Crippen LogP contribution in [0.2, 0.25) is 0 Å². The van der Waals surface area contributed by atoms with Gasteiger partial charge < -0.3 is 20.2 Å². The zero-order chi connectivity index (χ0) is 17.8. The molecular weight excluding hydrogens is 318 g/mol. The van der Waals surface area contributed by atoms with Crippen LogP contribution in [0.15, 0.2) is 28.7 Å². The van der Waals surface area contributed by atoms with Crippen molar-refractivity contribution in [2.75, 3.05) is 11.9 Å². The Morgan fingerprint density at radius 2 is 2.04 bits per heavy atom. The number of aliphatic hydroxyl groups is 1. The third-order valence-electron chi connectivity index (χ3n) is 4.84. The average molecular weight is 343 g/mol. The molecule has 0 aliphatic heterocycles. The summed E-state index contributed by atoms with van der Waals surface area (Å²) in [4.78, 5) is 16.6. The molecule has 1 aromatic carbocycles. The fourth-order valence-electron chi connectivity index (χ4n) is 3.17. The second-order valence-corrected chi connectivity index (χ2v) is 6.74. The van der Waals surface area contributed by atoms with Crippen molar-refractivity contribution in [1.29, 1.82) is 0 Å². The van der Waals surface area contributed by atoms with Gasteiger partial charge in [0.2, 0.25) is 5.89 Å². The van der Waals surface area contributed by atoms with Gasteiger partial charge in [-0.3, -0.25) is 0 Å². The number of amides is 2. The maximum absolute atomic E-state index is 12.2. The first-order chi connectivity index (χ1) is 12.0. The lowest BCUT2D eigenvalue weighted by Crippen LogP contribution is -2.40. The second-order valence-electron chi connectivity index (χ2n) is 6.74. The fraction of sp³-hybridized carbons (Fsp3) is 0.474. The monoisotopic (exact) mass is 343 g/mol. The largest absolute Gasteiger partial charge is 0.441 e. The molecule has 134 valence electrons. The van der Waals surface area contributed by atoms with Gasteiger partial charge in [0.15, 0.2) is 0 Å². The predicted molar refractivity (Wildman–Crippen MR) is 96.4 cm³/mol. The maximum atomic E-state index is 12.2. The molecule has 2 aromatic rings. The summed E-state index contributed by atoms with van der Waals surface area (Å²) in [5.74, 6) is 1.73. The lowest BCUT2D eigenvalue weighted by atomic mass is 9.87. The average Bonchev–Trinajstić information content (AvgIpc) is 2.95. The van der Waals surface area contributed by atoms with Crippen LogP contribution in [0.1, 0.15) is 37.1 Å². The van der Waals surface area contributed by atoms with E-state index in [2.05, 4.69) is 15.6 Å². The first-order valence-corrected chi connectivity index (χ1v) is 8.78. The van der Waals surface area contributed by atoms with E-state index >= 15 is 0 Å². The molecule has 0 bridgehead atoms. The van der Waals surface area contributed by atoms with Crippen molar-refractivity contribution in [2.24, 2.45) is 5.92 Å². The summed E-state index contributed by atoms with van der Waals surface area (Å²) in [5, 5.41) is 15.1. The molecule has 6 nitrogen and oxygen atoms in total. The van der Waals surface area contributed by atoms with Crippen molar-refractivity contribution in [3.63, 3.8) is 0 Å². The summed E-state index contributed by atoms with van der Waals surface area (Å²) >= 11 is 0. The van der Waals surface area contributed by atoms with Gasteiger partial charge in [-0.15, -0.1) is 0 Å². The van der Waals surface area contributed by atoms with E-state index < -0.39 is 0 Å². The molecule has 3 rings (SSSR count). The number of urea groups is 1. The third-order valence-corrected chi connectivity index (χ3v) is 4.84. The smallest absolute Gasteiger partial charge is 0.319 e. The fourth-order valence-corrected chi connectivity index (χ4v) is 3.17. The summed E-state index contributed by atoms with van der Waals surface area (Å²) < 4.78 is 5.64. The molecule has 0 spiro atoms. The molecule has 1 heterocycles. The first kappa shape index (κ1) is 17.5. The van der Waals surface area contributed by atoms with Crippen molar-refractivity contribution in [2.45, 2.75) is 45.6 Å². The van der Waals surface area contributed by atoms with Gasteiger partial charge in [-0.05, 0) is 63.6 Å². The van der Waals surface area contributed by atoms with E-state index in [9.17, 15) is 9.90 Å². The Morgan fingerprint density at radius 3 is 2.68 bits per heavy atom. The molecule has 6 heteroatoms. The molecule has 0 atom stereocenters. The quantitative estimate of drug-likeness (QED) is 0.791. The van der Waals surface area contributed by atoms with Gasteiger partial charge in [0.25, 0.3) is 0 Å². The molecule has 0 unspecified atom stereocenters. The number of nitrogens with zero attached hydrogens (tertiary/aromatic N) is 1. The van der Waals surface area contributed by atoms with Crippen LogP contribution in [0.5, 0.6) is 0 Å². The normalized spacial score (nSPS) is 20.3. The van der Waals surface area contributed by atoms with Gasteiger partial charge in [-0.2, -0.15) is 0 Å². The molecule has 2 amide bonds. The van der Waals surface area contributed by atoms with E-state index in [0.717, 1.165) is 42.7 Å². The molecule has 0 saturated heterocycles. The predicted octanol–water partition coefficient (Wildman–Crippen LogP) is 3.63. The van der Waals surface area contributed by atoms with Gasteiger partial charge in [0.1, 0.15) is 5.76 Å². The minimum atomic E-state index is -0.204. The summed E-state index contributed by atoms with van der Waals surface area (Å²) in [6.07, 6.45) is 3.74. The Kier molecular flexibility index (Phi) is 5.38. The molecule has 1 fully saturated rings. The molecule has 3 N–H and O–H groups in total. The van der Waals surface area contributed by atoms with Crippen molar-refractivity contribution >= 4 is 11.7 Å². The van der Waals surface area contributed by atoms with E-state index in [4.69, 9.17) is 4.42 Å². The highest BCUT2D eigenvalue weighted by Crippen LogP contribution is 2.25. The number of carbonyl (C=O) groups excluding carboxylic acids is 1. The van der Waals surface area contributed by atoms with Crippen molar-refractivity contribution in [3.8, 4) is 11.5 Å². The van der Waals surface area contributed by atoms with Gasteiger partial charge in [0.05, 0.1) is 5.69 Å². The maximum Gasteiger partial charge on any atom is 0.319 e. The lowest BCUT2D eigenvalue weighted by molar-refractivity contribution is 0.176. The zero-order valence-corrected chi connectivity index (χ0v) is 14.7. The second kappa shape index (κ2) is 7.70. The molecule has 1 aliphatic rings. The summed E-state index contributed by atoms with van der Waals surface area (Å²) in [5.41, 5.74) is 2.40. The number of benzene rings is 1. The summed E-state index contributed by atoms with van der Waals surface area (Å²) in [7, 11) is 0. The van der Waals surface area contributed by atoms with Crippen LogP contribution in [0.4, 0.5) is 10.5 Å². The minimum Gasteiger partial charge on any atom is -0.441 e. The molecule has 1 saturated carbocycles. The molecule has 1 aromatic heterocycles. The highest BCUT2D eigenvalue weighted by Gasteiger charge is 2.21. The zero-order valence-electron chi connectivity index (χ0n) is 14.7. The van der Waals surface area contributed by atoms with Crippen molar-refractivity contribution < 1.29 is 14.3 Å². The van der Waals surface area contributed by atoms with Crippen LogP contribution >= 0.6 is 0 Å². The number of carbonyl (C=O) groups is 1. The van der Waals surface area contributed by atoms with Gasteiger partial charge in [-0.1, -0.05) is 6.07 Å². The Morgan fingerprint density at radius 1 is 1.28 bits per heavy atom. The number of hydrogen-bond acceptors (Lipinski definition) is 4. The molecular formula is C19H25N3O3. The van der Waals surface area contributed by atoms with Gasteiger partial charge in [0, 0.05) is 23.9 Å². The topological polar surface area (TPSA) is 87.4 Å². The number of hydrogen-bond donors (Lipinski definition) is 3. The SMILES string of the molecule is Cc1nc(-c2cccc(NC(=O)NC3CCC(CO)CC3)c2)oc1C. The molecule has 1 aliphatic carbocycles. The van der Waals surface area contributed by atoms with Crippen LogP contribution in [-0.2, 0) is 0 Å². The van der Waals surface area contributed by atoms with Crippen molar-refractivity contribution in [1.82, 2.24) is 10.3 Å².